The van der Waals surface area contributed by atoms with Crippen LogP contribution in [0, 0.1) is 0 Å². The van der Waals surface area contributed by atoms with Crippen LogP contribution in [0.3, 0.4) is 0 Å². The average Bonchev–Trinajstić information content (AvgIpc) is 3.04. The van der Waals surface area contributed by atoms with E-state index in [2.05, 4.69) is 16.1 Å². The Morgan fingerprint density at radius 3 is 2.89 bits per heavy atom. The number of carbonyl (C=O) groups is 1. The van der Waals surface area contributed by atoms with Crippen LogP contribution in [0.1, 0.15) is 29.0 Å². The van der Waals surface area contributed by atoms with Crippen molar-refractivity contribution in [1.29, 1.82) is 0 Å². The first-order valence-corrected chi connectivity index (χ1v) is 7.45. The quantitative estimate of drug-likeness (QED) is 0.812. The fourth-order valence-corrected chi connectivity index (χ4v) is 3.45. The van der Waals surface area contributed by atoms with Crippen LogP contribution in [-0.4, -0.2) is 32.3 Å². The molecule has 1 fully saturated rings. The number of hydrogen-bond acceptors (Lipinski definition) is 5. The number of rotatable bonds is 6. The second-order valence-electron chi connectivity index (χ2n) is 4.81. The Balaban J connectivity index is 1.81. The van der Waals surface area contributed by atoms with Crippen molar-refractivity contribution in [2.24, 2.45) is 0 Å². The molecule has 106 valence electrons. The van der Waals surface area contributed by atoms with Crippen LogP contribution >= 0.6 is 11.3 Å². The minimum Gasteiger partial charge on any atom is -0.469 e. The van der Waals surface area contributed by atoms with E-state index in [1.54, 1.807) is 18.4 Å². The predicted octanol–water partition coefficient (Wildman–Crippen LogP) is 2.12. The Bertz CT molecular complexity index is 419. The summed E-state index contributed by atoms with van der Waals surface area (Å²) in [6.07, 6.45) is 4.26. The van der Waals surface area contributed by atoms with Crippen molar-refractivity contribution in [1.82, 2.24) is 5.32 Å². The van der Waals surface area contributed by atoms with Crippen molar-refractivity contribution in [3.05, 3.63) is 21.9 Å². The molecule has 0 amide bonds. The highest BCUT2D eigenvalue weighted by Gasteiger charge is 2.26. The zero-order chi connectivity index (χ0) is 13.7. The number of thiophene rings is 1. The first-order chi connectivity index (χ1) is 9.22. The lowest BCUT2D eigenvalue weighted by molar-refractivity contribution is -0.139. The summed E-state index contributed by atoms with van der Waals surface area (Å²) < 4.78 is 10.1. The zero-order valence-corrected chi connectivity index (χ0v) is 12.3. The summed E-state index contributed by atoms with van der Waals surface area (Å²) in [4.78, 5) is 13.5. The first kappa shape index (κ1) is 14.5. The van der Waals surface area contributed by atoms with Gasteiger partial charge >= 0.3 is 5.97 Å². The van der Waals surface area contributed by atoms with Crippen LogP contribution in [0.2, 0.25) is 0 Å². The number of carbonyl (C=O) groups excluding carboxylic acids is 1. The highest BCUT2D eigenvalue weighted by Crippen LogP contribution is 2.23. The van der Waals surface area contributed by atoms with Gasteiger partial charge in [-0.2, -0.15) is 0 Å². The molecule has 1 aromatic heterocycles. The summed E-state index contributed by atoms with van der Waals surface area (Å²) >= 11 is 1.66. The van der Waals surface area contributed by atoms with E-state index in [-0.39, 0.29) is 5.97 Å². The molecule has 0 aliphatic heterocycles. The molecule has 2 rings (SSSR count). The number of hydrogen-bond donors (Lipinski definition) is 1. The summed E-state index contributed by atoms with van der Waals surface area (Å²) in [5.41, 5.74) is 0. The minimum absolute atomic E-state index is 0.184. The lowest BCUT2D eigenvalue weighted by Crippen LogP contribution is -2.36. The molecule has 1 aliphatic rings. The van der Waals surface area contributed by atoms with Gasteiger partial charge in [-0.3, -0.25) is 4.79 Å². The SMILES string of the molecule is COC(=O)Cc1ccc(CNC2CCCC2OC)s1. The van der Waals surface area contributed by atoms with Gasteiger partial charge in [-0.05, 0) is 31.4 Å². The van der Waals surface area contributed by atoms with E-state index in [1.165, 1.54) is 24.8 Å². The number of methoxy groups -OCH3 is 2. The average molecular weight is 283 g/mol. The van der Waals surface area contributed by atoms with E-state index >= 15 is 0 Å². The van der Waals surface area contributed by atoms with Crippen molar-refractivity contribution < 1.29 is 14.3 Å². The maximum Gasteiger partial charge on any atom is 0.310 e. The molecule has 1 saturated carbocycles. The molecule has 0 spiro atoms. The number of nitrogens with one attached hydrogen (secondary N) is 1. The van der Waals surface area contributed by atoms with Gasteiger partial charge in [-0.15, -0.1) is 11.3 Å². The molecule has 0 radical (unpaired) electrons. The summed E-state index contributed by atoms with van der Waals surface area (Å²) in [6.45, 7) is 0.844. The van der Waals surface area contributed by atoms with Crippen molar-refractivity contribution in [2.75, 3.05) is 14.2 Å². The first-order valence-electron chi connectivity index (χ1n) is 6.63. The summed E-state index contributed by atoms with van der Waals surface area (Å²) in [5.74, 6) is -0.184. The van der Waals surface area contributed by atoms with Gasteiger partial charge in [-0.1, -0.05) is 0 Å². The van der Waals surface area contributed by atoms with E-state index in [0.29, 0.717) is 18.6 Å². The van der Waals surface area contributed by atoms with E-state index in [9.17, 15) is 4.79 Å². The molecular formula is C14H21NO3S. The van der Waals surface area contributed by atoms with E-state index in [1.807, 2.05) is 6.07 Å². The maximum atomic E-state index is 11.2. The van der Waals surface area contributed by atoms with Crippen LogP contribution in [0.15, 0.2) is 12.1 Å². The topological polar surface area (TPSA) is 47.6 Å². The van der Waals surface area contributed by atoms with Crippen molar-refractivity contribution in [3.8, 4) is 0 Å². The second kappa shape index (κ2) is 7.03. The van der Waals surface area contributed by atoms with Crippen molar-refractivity contribution in [3.63, 3.8) is 0 Å². The third-order valence-corrected chi connectivity index (χ3v) is 4.64. The highest BCUT2D eigenvalue weighted by molar-refractivity contribution is 7.12. The molecule has 1 N–H and O–H groups in total. The van der Waals surface area contributed by atoms with Gasteiger partial charge in [0.2, 0.25) is 0 Å². The highest BCUT2D eigenvalue weighted by atomic mass is 32.1. The largest absolute Gasteiger partial charge is 0.469 e. The second-order valence-corrected chi connectivity index (χ2v) is 6.07. The normalized spacial score (nSPS) is 22.6. The molecule has 0 saturated heterocycles. The number of esters is 1. The summed E-state index contributed by atoms with van der Waals surface area (Å²) in [7, 11) is 3.20. The van der Waals surface area contributed by atoms with E-state index in [0.717, 1.165) is 17.8 Å². The standard InChI is InChI=1S/C14H21NO3S/c1-17-13-5-3-4-12(13)15-9-11-7-6-10(19-11)8-14(16)18-2/h6-7,12-13,15H,3-5,8-9H2,1-2H3. The Morgan fingerprint density at radius 1 is 1.37 bits per heavy atom. The lowest BCUT2D eigenvalue weighted by Gasteiger charge is -2.19. The smallest absolute Gasteiger partial charge is 0.310 e. The van der Waals surface area contributed by atoms with Crippen LogP contribution in [0.4, 0.5) is 0 Å². The Hall–Kier alpha value is -0.910. The lowest BCUT2D eigenvalue weighted by atomic mass is 10.2. The molecular weight excluding hydrogens is 262 g/mol. The fourth-order valence-electron chi connectivity index (χ4n) is 2.50. The van der Waals surface area contributed by atoms with E-state index in [4.69, 9.17) is 4.74 Å². The molecule has 5 heteroatoms. The van der Waals surface area contributed by atoms with Gasteiger partial charge in [-0.25, -0.2) is 0 Å². The third-order valence-electron chi connectivity index (χ3n) is 3.56. The van der Waals surface area contributed by atoms with Gasteiger partial charge < -0.3 is 14.8 Å². The fraction of sp³-hybridized carbons (Fsp3) is 0.643. The molecule has 0 aromatic carbocycles. The molecule has 1 heterocycles. The van der Waals surface area contributed by atoms with Gasteiger partial charge in [0.1, 0.15) is 0 Å². The summed E-state index contributed by atoms with van der Waals surface area (Å²) in [6, 6.07) is 4.53. The Labute approximate surface area is 118 Å². The van der Waals surface area contributed by atoms with Gasteiger partial charge in [0, 0.05) is 29.5 Å². The monoisotopic (exact) mass is 283 g/mol. The molecule has 4 nitrogen and oxygen atoms in total. The van der Waals surface area contributed by atoms with Gasteiger partial charge in [0.15, 0.2) is 0 Å². The van der Waals surface area contributed by atoms with Crippen LogP contribution < -0.4 is 5.32 Å². The molecule has 1 aromatic rings. The van der Waals surface area contributed by atoms with Crippen LogP contribution in [0.25, 0.3) is 0 Å². The van der Waals surface area contributed by atoms with Crippen LogP contribution in [-0.2, 0) is 27.2 Å². The maximum absolute atomic E-state index is 11.2. The molecule has 2 unspecified atom stereocenters. The minimum atomic E-state index is -0.184. The number of ether oxygens (including phenoxy) is 2. The molecule has 0 bridgehead atoms. The predicted molar refractivity (Wildman–Crippen MR) is 75.3 cm³/mol. The van der Waals surface area contributed by atoms with Crippen molar-refractivity contribution in [2.45, 2.75) is 44.4 Å². The Morgan fingerprint density at radius 2 is 2.16 bits per heavy atom. The van der Waals surface area contributed by atoms with Crippen LogP contribution in [0.5, 0.6) is 0 Å². The van der Waals surface area contributed by atoms with Gasteiger partial charge in [0.05, 0.1) is 19.6 Å². The van der Waals surface area contributed by atoms with E-state index < -0.39 is 0 Å². The molecule has 2 atom stereocenters. The molecule has 1 aliphatic carbocycles. The third kappa shape index (κ3) is 4.03. The molecule has 19 heavy (non-hydrogen) atoms. The van der Waals surface area contributed by atoms with Gasteiger partial charge in [0.25, 0.3) is 0 Å². The summed E-state index contributed by atoms with van der Waals surface area (Å²) in [5, 5.41) is 3.55. The zero-order valence-electron chi connectivity index (χ0n) is 11.5. The van der Waals surface area contributed by atoms with Crippen molar-refractivity contribution >= 4 is 17.3 Å². The Kier molecular flexibility index (Phi) is 5.36.